The molecule has 0 amide bonds. The molecule has 0 atom stereocenters. The lowest BCUT2D eigenvalue weighted by Gasteiger charge is -2.37. The quantitative estimate of drug-likeness (QED) is 0.788. The zero-order valence-corrected chi connectivity index (χ0v) is 12.3. The number of ether oxygens (including phenoxy) is 1. The average molecular weight is 274 g/mol. The molecule has 108 valence electrons. The molecule has 20 heavy (non-hydrogen) atoms. The Labute approximate surface area is 120 Å². The maximum absolute atomic E-state index is 12.0. The maximum Gasteiger partial charge on any atom is 0.165 e. The summed E-state index contributed by atoms with van der Waals surface area (Å²) in [5.74, 6) is 0.752. The number of carbonyl (C=O) groups is 1. The van der Waals surface area contributed by atoms with Gasteiger partial charge in [-0.3, -0.25) is 9.69 Å². The van der Waals surface area contributed by atoms with Gasteiger partial charge in [0.25, 0.3) is 0 Å². The molecule has 1 saturated heterocycles. The van der Waals surface area contributed by atoms with Crippen LogP contribution in [0.15, 0.2) is 18.2 Å². The minimum atomic E-state index is 0.0714. The molecule has 1 aliphatic carbocycles. The van der Waals surface area contributed by atoms with Crippen molar-refractivity contribution in [1.29, 1.82) is 0 Å². The van der Waals surface area contributed by atoms with Crippen molar-refractivity contribution in [2.75, 3.05) is 38.2 Å². The summed E-state index contributed by atoms with van der Waals surface area (Å²) in [6.45, 7) is 5.79. The van der Waals surface area contributed by atoms with Gasteiger partial charge >= 0.3 is 0 Å². The number of benzene rings is 1. The molecule has 0 N–H and O–H groups in total. The van der Waals surface area contributed by atoms with Gasteiger partial charge in [0, 0.05) is 32.2 Å². The molecule has 1 aromatic carbocycles. The zero-order chi connectivity index (χ0) is 14.1. The third-order valence-corrected chi connectivity index (χ3v) is 4.29. The van der Waals surface area contributed by atoms with Crippen LogP contribution in [0.4, 0.5) is 5.69 Å². The van der Waals surface area contributed by atoms with E-state index in [1.807, 2.05) is 18.2 Å². The van der Waals surface area contributed by atoms with E-state index in [4.69, 9.17) is 4.74 Å². The lowest BCUT2D eigenvalue weighted by molar-refractivity contribution is 0.101. The van der Waals surface area contributed by atoms with Gasteiger partial charge in [-0.2, -0.15) is 0 Å². The van der Waals surface area contributed by atoms with Crippen molar-refractivity contribution in [3.8, 4) is 5.75 Å². The molecule has 1 aliphatic heterocycles. The Kier molecular flexibility index (Phi) is 3.66. The van der Waals surface area contributed by atoms with E-state index < -0.39 is 0 Å². The number of methoxy groups -OCH3 is 1. The number of ketones is 1. The molecular weight excluding hydrogens is 252 g/mol. The number of anilines is 1. The summed E-state index contributed by atoms with van der Waals surface area (Å²) < 4.78 is 5.35. The fourth-order valence-electron chi connectivity index (χ4n) is 3.07. The van der Waals surface area contributed by atoms with Crippen LogP contribution in [0.1, 0.15) is 30.1 Å². The second-order valence-electron chi connectivity index (χ2n) is 5.66. The molecule has 1 heterocycles. The van der Waals surface area contributed by atoms with E-state index in [-0.39, 0.29) is 5.78 Å². The predicted molar refractivity (Wildman–Crippen MR) is 79.8 cm³/mol. The molecule has 4 nitrogen and oxygen atoms in total. The highest BCUT2D eigenvalue weighted by atomic mass is 16.5. The average Bonchev–Trinajstić information content (AvgIpc) is 3.31. The molecule has 4 heteroatoms. The first kappa shape index (κ1) is 13.4. The van der Waals surface area contributed by atoms with Crippen LogP contribution in [0.2, 0.25) is 0 Å². The number of rotatable bonds is 4. The Balaban J connectivity index is 1.81. The third-order valence-electron chi connectivity index (χ3n) is 4.29. The van der Waals surface area contributed by atoms with Crippen molar-refractivity contribution in [2.45, 2.75) is 25.8 Å². The first-order chi connectivity index (χ1) is 9.70. The van der Waals surface area contributed by atoms with E-state index in [1.54, 1.807) is 14.0 Å². The van der Waals surface area contributed by atoms with Crippen LogP contribution >= 0.6 is 0 Å². The molecule has 2 aliphatic rings. The van der Waals surface area contributed by atoms with Crippen molar-refractivity contribution >= 4 is 11.5 Å². The molecule has 1 saturated carbocycles. The van der Waals surface area contributed by atoms with Crippen molar-refractivity contribution in [2.24, 2.45) is 0 Å². The number of hydrogen-bond donors (Lipinski definition) is 0. The van der Waals surface area contributed by atoms with Gasteiger partial charge in [-0.15, -0.1) is 0 Å². The molecule has 0 unspecified atom stereocenters. The van der Waals surface area contributed by atoms with Crippen LogP contribution in [0.25, 0.3) is 0 Å². The number of carbonyl (C=O) groups excluding carboxylic acids is 1. The van der Waals surface area contributed by atoms with Gasteiger partial charge in [-0.25, -0.2) is 0 Å². The van der Waals surface area contributed by atoms with Gasteiger partial charge in [0.15, 0.2) is 5.78 Å². The van der Waals surface area contributed by atoms with Crippen LogP contribution in [0.5, 0.6) is 5.75 Å². The highest BCUT2D eigenvalue weighted by molar-refractivity contribution is 6.02. The lowest BCUT2D eigenvalue weighted by Crippen LogP contribution is -2.47. The SMILES string of the molecule is COc1cccc(N2CCN(C3CC3)CC2)c1C(C)=O. The summed E-state index contributed by atoms with van der Waals surface area (Å²) in [5, 5.41) is 0. The van der Waals surface area contributed by atoms with Gasteiger partial charge in [0.2, 0.25) is 0 Å². The van der Waals surface area contributed by atoms with Crippen LogP contribution in [-0.2, 0) is 0 Å². The molecule has 0 aromatic heterocycles. The van der Waals surface area contributed by atoms with Crippen molar-refractivity contribution in [1.82, 2.24) is 4.90 Å². The van der Waals surface area contributed by atoms with Gasteiger partial charge in [0.1, 0.15) is 5.75 Å². The minimum Gasteiger partial charge on any atom is -0.496 e. The Hall–Kier alpha value is -1.55. The van der Waals surface area contributed by atoms with E-state index >= 15 is 0 Å². The summed E-state index contributed by atoms with van der Waals surface area (Å²) in [4.78, 5) is 16.8. The van der Waals surface area contributed by atoms with E-state index in [0.29, 0.717) is 5.75 Å². The van der Waals surface area contributed by atoms with Crippen molar-refractivity contribution < 1.29 is 9.53 Å². The van der Waals surface area contributed by atoms with Crippen molar-refractivity contribution in [3.05, 3.63) is 23.8 Å². The predicted octanol–water partition coefficient (Wildman–Crippen LogP) is 2.18. The maximum atomic E-state index is 12.0. The lowest BCUT2D eigenvalue weighted by atomic mass is 10.1. The van der Waals surface area contributed by atoms with E-state index in [1.165, 1.54) is 12.8 Å². The largest absolute Gasteiger partial charge is 0.496 e. The van der Waals surface area contributed by atoms with E-state index in [0.717, 1.165) is 43.5 Å². The first-order valence-corrected chi connectivity index (χ1v) is 7.37. The van der Waals surface area contributed by atoms with E-state index in [2.05, 4.69) is 9.80 Å². The minimum absolute atomic E-state index is 0.0714. The smallest absolute Gasteiger partial charge is 0.165 e. The number of Topliss-reactive ketones (excluding diaryl/α,β-unsaturated/α-hetero) is 1. The summed E-state index contributed by atoms with van der Waals surface area (Å²) in [5.41, 5.74) is 1.74. The monoisotopic (exact) mass is 274 g/mol. The summed E-state index contributed by atoms with van der Waals surface area (Å²) >= 11 is 0. The second kappa shape index (κ2) is 5.44. The zero-order valence-electron chi connectivity index (χ0n) is 12.3. The third kappa shape index (κ3) is 2.52. The van der Waals surface area contributed by atoms with E-state index in [9.17, 15) is 4.79 Å². The standard InChI is InChI=1S/C16H22N2O2/c1-12(19)16-14(4-3-5-15(16)20-2)18-10-8-17(9-11-18)13-6-7-13/h3-5,13H,6-11H2,1-2H3. The normalized spacial score (nSPS) is 20.0. The van der Waals surface area contributed by atoms with Crippen LogP contribution in [-0.4, -0.2) is 50.0 Å². The van der Waals surface area contributed by atoms with Gasteiger partial charge in [-0.05, 0) is 31.9 Å². The van der Waals surface area contributed by atoms with Crippen LogP contribution in [0.3, 0.4) is 0 Å². The van der Waals surface area contributed by atoms with Crippen LogP contribution in [0, 0.1) is 0 Å². The number of piperazine rings is 1. The molecule has 2 fully saturated rings. The Morgan fingerprint density at radius 1 is 1.20 bits per heavy atom. The van der Waals surface area contributed by atoms with Gasteiger partial charge < -0.3 is 9.64 Å². The topological polar surface area (TPSA) is 32.8 Å². The molecule has 3 rings (SSSR count). The Morgan fingerprint density at radius 2 is 1.90 bits per heavy atom. The molecule has 1 aromatic rings. The molecule has 0 radical (unpaired) electrons. The first-order valence-electron chi connectivity index (χ1n) is 7.37. The number of nitrogens with zero attached hydrogens (tertiary/aromatic N) is 2. The molecule has 0 spiro atoms. The summed E-state index contributed by atoms with van der Waals surface area (Å²) in [6.07, 6.45) is 2.72. The second-order valence-corrected chi connectivity index (χ2v) is 5.66. The highest BCUT2D eigenvalue weighted by Gasteiger charge is 2.32. The molecular formula is C16H22N2O2. The fourth-order valence-corrected chi connectivity index (χ4v) is 3.07. The summed E-state index contributed by atoms with van der Waals surface area (Å²) in [7, 11) is 1.62. The Bertz CT molecular complexity index is 503. The Morgan fingerprint density at radius 3 is 2.45 bits per heavy atom. The summed E-state index contributed by atoms with van der Waals surface area (Å²) in [6, 6.07) is 6.69. The van der Waals surface area contributed by atoms with Crippen LogP contribution < -0.4 is 9.64 Å². The molecule has 0 bridgehead atoms. The fraction of sp³-hybridized carbons (Fsp3) is 0.562. The number of hydrogen-bond acceptors (Lipinski definition) is 4. The van der Waals surface area contributed by atoms with Gasteiger partial charge in [0.05, 0.1) is 18.4 Å². The highest BCUT2D eigenvalue weighted by Crippen LogP contribution is 2.32. The van der Waals surface area contributed by atoms with Crippen molar-refractivity contribution in [3.63, 3.8) is 0 Å². The van der Waals surface area contributed by atoms with Gasteiger partial charge in [-0.1, -0.05) is 6.07 Å².